The van der Waals surface area contributed by atoms with Gasteiger partial charge in [-0.25, -0.2) is 0 Å². The predicted octanol–water partition coefficient (Wildman–Crippen LogP) is 14.8. The van der Waals surface area contributed by atoms with E-state index >= 15 is 0 Å². The molecule has 0 saturated heterocycles. The summed E-state index contributed by atoms with van der Waals surface area (Å²) in [6.07, 6.45) is -47.5. The summed E-state index contributed by atoms with van der Waals surface area (Å²) in [6, 6.07) is 4.02. The van der Waals surface area contributed by atoms with Gasteiger partial charge in [0.25, 0.3) is 0 Å². The van der Waals surface area contributed by atoms with Crippen LogP contribution in [-0.2, 0) is 56.0 Å². The van der Waals surface area contributed by atoms with Crippen LogP contribution in [-0.4, -0.2) is 17.7 Å². The van der Waals surface area contributed by atoms with Crippen molar-refractivity contribution in [2.45, 2.75) is 88.6 Å². The highest BCUT2D eigenvalue weighted by atomic mass is 19.4. The smallest absolute Gasteiger partial charge is 0.294 e. The van der Waals surface area contributed by atoms with Crippen LogP contribution in [0.4, 0.5) is 105 Å². The highest BCUT2D eigenvalue weighted by Gasteiger charge is 2.47. The molecule has 0 radical (unpaired) electrons. The van der Waals surface area contributed by atoms with Gasteiger partial charge in [-0.05, 0) is 30.7 Å². The van der Waals surface area contributed by atoms with Gasteiger partial charge in [0.1, 0.15) is 6.15 Å². The Morgan fingerprint density at radius 3 is 0.848 bits per heavy atom. The summed E-state index contributed by atoms with van der Waals surface area (Å²) in [7, 11) is 0. The maximum Gasteiger partial charge on any atom is 0.416 e. The number of nitrogens with zero attached hydrogens (tertiary/aromatic N) is 1. The fourth-order valence-electron chi connectivity index (χ4n) is 8.38. The van der Waals surface area contributed by atoms with Crippen LogP contribution in [0.1, 0.15) is 97.8 Å². The highest BCUT2D eigenvalue weighted by Crippen LogP contribution is 2.41. The second-order valence-corrected chi connectivity index (χ2v) is 17.7. The van der Waals surface area contributed by atoms with Crippen LogP contribution in [0.25, 0.3) is 0 Å². The lowest BCUT2D eigenvalue weighted by atomic mass is 9.12. The Bertz CT molecular complexity index is 2690. The molecule has 0 unspecified atom stereocenters. The Balaban J connectivity index is 0.000000433. The first kappa shape index (κ1) is 62.8. The number of Topliss-reactive ketones (excluding diaryl/α,β-unsaturated/α-hetero) is 2. The van der Waals surface area contributed by atoms with E-state index in [1.54, 1.807) is 29.1 Å². The number of halogens is 24. The van der Waals surface area contributed by atoms with Crippen LogP contribution in [0, 0.1) is 0 Å². The van der Waals surface area contributed by atoms with E-state index in [2.05, 4.69) is 6.92 Å². The van der Waals surface area contributed by atoms with Gasteiger partial charge < -0.3 is 0 Å². The van der Waals surface area contributed by atoms with Crippen LogP contribution >= 0.6 is 0 Å². The number of unbranched alkanes of at least 4 members (excludes halogenated alkanes) is 2. The number of rotatable bonds is 12. The molecule has 0 N–H and O–H groups in total. The van der Waals surface area contributed by atoms with Gasteiger partial charge in [0.05, 0.1) is 44.5 Å². The third kappa shape index (κ3) is 15.4. The monoisotopic (exact) mass is 1160 g/mol. The van der Waals surface area contributed by atoms with E-state index in [1.807, 2.05) is 30.3 Å². The average Bonchev–Trinajstić information content (AvgIpc) is 3.46. The number of carbonyl (C=O) groups is 2. The van der Waals surface area contributed by atoms with Crippen LogP contribution in [0.2, 0.25) is 0 Å². The largest absolute Gasteiger partial charge is 0.416 e. The number of benzene rings is 5. The van der Waals surface area contributed by atoms with Gasteiger partial charge in [-0.15, -0.1) is 0 Å². The van der Waals surface area contributed by atoms with Crippen molar-refractivity contribution >= 4 is 39.6 Å². The molecule has 0 spiro atoms. The lowest BCUT2D eigenvalue weighted by Crippen LogP contribution is -2.75. The Morgan fingerprint density at radius 1 is 0.354 bits per heavy atom. The van der Waals surface area contributed by atoms with E-state index in [1.165, 1.54) is 0 Å². The van der Waals surface area contributed by atoms with Crippen LogP contribution < -0.4 is 26.4 Å². The molecule has 5 aromatic carbocycles. The molecule has 79 heavy (non-hydrogen) atoms. The zero-order chi connectivity index (χ0) is 59.7. The standard InChI is InChI=1S/C32H12BF24.C19H22NO2/c34-25(35,36)13-1-14(26(37,38)39)6-21(5-13)33(22-7-15(27(40,41)42)2-16(8-22)28(43,44)45,23-9-17(29(46,47)48)3-18(10-23)30(49,50)51)24-11-19(31(52,53)54)4-20(12-24)32(55,56)57;1-2-3-5-10-18(21)17-11-13-20(14-12-17)15-19(22)16-8-6-4-7-9-16/h1-12H;4,6-9,11-14H,2-3,5,10,15H2,1H3/q-1;+1. The normalized spacial score (nSPS) is 13.2. The van der Waals surface area contributed by atoms with E-state index < -0.39 is 195 Å². The number of hydrogen-bond donors (Lipinski definition) is 0. The minimum absolute atomic E-state index is 0.0626. The summed E-state index contributed by atoms with van der Waals surface area (Å²) >= 11 is 0. The van der Waals surface area contributed by atoms with E-state index in [0.717, 1.165) is 24.8 Å². The van der Waals surface area contributed by atoms with Crippen LogP contribution in [0.3, 0.4) is 0 Å². The SMILES string of the molecule is CCCCCC(=O)c1cc[n+](CC(=O)c2ccccc2)cc1.FC(F)(F)c1cc([B-](c2cc(C(F)(F)F)cc(C(F)(F)F)c2)(c2cc(C(F)(F)F)cc(C(F)(F)F)c2)c2cc(C(F)(F)F)cc(C(F)(F)F)c2)cc(C(F)(F)F)c1. The zero-order valence-electron chi connectivity index (χ0n) is 39.6. The van der Waals surface area contributed by atoms with Gasteiger partial charge in [0.15, 0.2) is 18.2 Å². The predicted molar refractivity (Wildman–Crippen MR) is 236 cm³/mol. The number of carbonyl (C=O) groups excluding carboxylic acids is 2. The Hall–Kier alpha value is -7.03. The van der Waals surface area contributed by atoms with Gasteiger partial charge in [0, 0.05) is 29.7 Å². The topological polar surface area (TPSA) is 38.0 Å². The lowest BCUT2D eigenvalue weighted by molar-refractivity contribution is -0.683. The molecule has 0 saturated carbocycles. The van der Waals surface area contributed by atoms with Crippen LogP contribution in [0.5, 0.6) is 0 Å². The third-order valence-corrected chi connectivity index (χ3v) is 12.1. The van der Waals surface area contributed by atoms with Crippen molar-refractivity contribution in [3.05, 3.63) is 183 Å². The second kappa shape index (κ2) is 22.6. The first-order valence-corrected chi connectivity index (χ1v) is 22.4. The minimum atomic E-state index is -6.13. The molecule has 6 aromatic rings. The van der Waals surface area contributed by atoms with E-state index in [9.17, 15) is 115 Å². The molecule has 426 valence electrons. The highest BCUT2D eigenvalue weighted by molar-refractivity contribution is 7.20. The summed E-state index contributed by atoms with van der Waals surface area (Å²) in [6.45, 7) is 2.41. The van der Waals surface area contributed by atoms with Crippen LogP contribution in [0.15, 0.2) is 128 Å². The Kier molecular flexibility index (Phi) is 18.0. The molecule has 6 rings (SSSR count). The van der Waals surface area contributed by atoms with Gasteiger partial charge in [0.2, 0.25) is 12.3 Å². The summed E-state index contributed by atoms with van der Waals surface area (Å²) in [5.41, 5.74) is -28.8. The summed E-state index contributed by atoms with van der Waals surface area (Å²) < 4.78 is 343. The van der Waals surface area contributed by atoms with Crippen molar-refractivity contribution in [2.24, 2.45) is 0 Å². The van der Waals surface area contributed by atoms with Crippen molar-refractivity contribution in [1.82, 2.24) is 0 Å². The fourth-order valence-corrected chi connectivity index (χ4v) is 8.38. The van der Waals surface area contributed by atoms with Crippen molar-refractivity contribution < 1.29 is 120 Å². The van der Waals surface area contributed by atoms with E-state index in [-0.39, 0.29) is 18.1 Å². The Morgan fingerprint density at radius 2 is 0.608 bits per heavy atom. The minimum Gasteiger partial charge on any atom is -0.294 e. The average molecular weight is 1160 g/mol. The van der Waals surface area contributed by atoms with Gasteiger partial charge in [-0.1, -0.05) is 98.6 Å². The number of aromatic nitrogens is 1. The fraction of sp³-hybridized carbons (Fsp3) is 0.275. The second-order valence-electron chi connectivity index (χ2n) is 17.7. The number of ketones is 2. The van der Waals surface area contributed by atoms with Crippen molar-refractivity contribution in [3.63, 3.8) is 0 Å². The molecule has 3 nitrogen and oxygen atoms in total. The zero-order valence-corrected chi connectivity index (χ0v) is 39.6. The first-order chi connectivity index (χ1) is 36.0. The number of hydrogen-bond acceptors (Lipinski definition) is 2. The van der Waals surface area contributed by atoms with E-state index in [4.69, 9.17) is 0 Å². The first-order valence-electron chi connectivity index (χ1n) is 22.4. The molecular weight excluding hydrogens is 1130 g/mol. The third-order valence-electron chi connectivity index (χ3n) is 12.1. The van der Waals surface area contributed by atoms with Gasteiger partial charge in [-0.2, -0.15) is 132 Å². The number of pyridine rings is 1. The molecule has 1 heterocycles. The molecule has 28 heteroatoms. The molecule has 0 aliphatic rings. The Labute approximate surface area is 430 Å². The molecule has 0 fully saturated rings. The molecular formula is C51H34BF24NO2. The molecule has 0 aliphatic heterocycles. The maximum atomic E-state index is 14.2. The molecule has 0 aliphatic carbocycles. The summed E-state index contributed by atoms with van der Waals surface area (Å²) in [5, 5.41) is 0. The summed E-state index contributed by atoms with van der Waals surface area (Å²) in [4.78, 5) is 24.1. The van der Waals surface area contributed by atoms with Crippen molar-refractivity contribution in [1.29, 1.82) is 0 Å². The summed E-state index contributed by atoms with van der Waals surface area (Å²) in [5.74, 6) is 0.239. The molecule has 1 aromatic heterocycles. The van der Waals surface area contributed by atoms with Gasteiger partial charge >= 0.3 is 49.4 Å². The van der Waals surface area contributed by atoms with Crippen molar-refractivity contribution in [3.8, 4) is 0 Å². The molecule has 0 amide bonds. The molecule has 0 bridgehead atoms. The molecule has 0 atom stereocenters. The van der Waals surface area contributed by atoms with Gasteiger partial charge in [-0.3, -0.25) is 9.59 Å². The van der Waals surface area contributed by atoms with E-state index in [0.29, 0.717) is 12.0 Å². The van der Waals surface area contributed by atoms with Crippen molar-refractivity contribution in [2.75, 3.05) is 0 Å². The lowest BCUT2D eigenvalue weighted by Gasteiger charge is -2.46. The number of alkyl halides is 24. The maximum absolute atomic E-state index is 14.2. The quantitative estimate of drug-likeness (QED) is 0.0403.